The van der Waals surface area contributed by atoms with Crippen LogP contribution in [0.15, 0.2) is 18.5 Å². The van der Waals surface area contributed by atoms with Gasteiger partial charge in [-0.2, -0.15) is 0 Å². The number of fused-ring (bicyclic) bond motifs is 1. The van der Waals surface area contributed by atoms with Crippen molar-refractivity contribution >= 4 is 28.6 Å². The van der Waals surface area contributed by atoms with E-state index in [0.29, 0.717) is 40.7 Å². The Kier molecular flexibility index (Phi) is 5.84. The van der Waals surface area contributed by atoms with Gasteiger partial charge in [-0.15, -0.1) is 0 Å². The molecule has 1 aliphatic rings. The van der Waals surface area contributed by atoms with Gasteiger partial charge >= 0.3 is 6.09 Å². The molecule has 3 rings (SSSR count). The van der Waals surface area contributed by atoms with Gasteiger partial charge in [-0.1, -0.05) is 32.4 Å². The zero-order chi connectivity index (χ0) is 20.5. The maximum atomic E-state index is 11.6. The number of methoxy groups -OCH3 is 1. The van der Waals surface area contributed by atoms with E-state index >= 15 is 0 Å². The van der Waals surface area contributed by atoms with Gasteiger partial charge in [0.25, 0.3) is 0 Å². The molecule has 2 heterocycles. The second-order valence-corrected chi connectivity index (χ2v) is 8.60. The first-order valence-corrected chi connectivity index (χ1v) is 9.69. The highest BCUT2D eigenvalue weighted by Crippen LogP contribution is 2.37. The Morgan fingerprint density at radius 2 is 2.07 bits per heavy atom. The lowest BCUT2D eigenvalue weighted by atomic mass is 9.77. The van der Waals surface area contributed by atoms with Crippen LogP contribution >= 0.6 is 11.6 Å². The maximum absolute atomic E-state index is 11.6. The van der Waals surface area contributed by atoms with Crippen LogP contribution in [0.25, 0.3) is 10.9 Å². The lowest BCUT2D eigenvalue weighted by Gasteiger charge is -2.44. The van der Waals surface area contributed by atoms with Crippen LogP contribution in [0.2, 0.25) is 5.15 Å². The highest BCUT2D eigenvalue weighted by atomic mass is 35.5. The molecule has 2 aromatic rings. The summed E-state index contributed by atoms with van der Waals surface area (Å²) in [5, 5.41) is 10.6. The van der Waals surface area contributed by atoms with Gasteiger partial charge in [-0.25, -0.2) is 14.8 Å². The Labute approximate surface area is 169 Å². The van der Waals surface area contributed by atoms with Gasteiger partial charge in [0.05, 0.1) is 19.2 Å². The normalized spacial score (nSPS) is 20.2. The highest BCUT2D eigenvalue weighted by molar-refractivity contribution is 6.34. The summed E-state index contributed by atoms with van der Waals surface area (Å²) in [4.78, 5) is 21.4. The summed E-state index contributed by atoms with van der Waals surface area (Å²) in [6.45, 7) is 7.22. The number of carbonyl (C=O) groups is 1. The molecule has 1 aliphatic heterocycles. The van der Waals surface area contributed by atoms with Gasteiger partial charge in [-0.3, -0.25) is 0 Å². The summed E-state index contributed by atoms with van der Waals surface area (Å²) < 4.78 is 11.5. The van der Waals surface area contributed by atoms with Gasteiger partial charge in [0, 0.05) is 24.0 Å². The monoisotopic (exact) mass is 407 g/mol. The molecule has 0 aliphatic carbocycles. The second-order valence-electron chi connectivity index (χ2n) is 8.24. The molecule has 8 heteroatoms. The molecule has 1 aromatic carbocycles. The zero-order valence-corrected chi connectivity index (χ0v) is 17.4. The first kappa shape index (κ1) is 20.5. The fourth-order valence-electron chi connectivity index (χ4n) is 3.75. The number of hydrogen-bond donors (Lipinski definition) is 1. The van der Waals surface area contributed by atoms with Gasteiger partial charge in [-0.05, 0) is 30.2 Å². The minimum atomic E-state index is -0.856. The number of aromatic nitrogens is 2. The van der Waals surface area contributed by atoms with Gasteiger partial charge < -0.3 is 19.5 Å². The van der Waals surface area contributed by atoms with E-state index in [0.717, 1.165) is 12.8 Å². The van der Waals surface area contributed by atoms with Gasteiger partial charge in [0.1, 0.15) is 11.5 Å². The number of ether oxygens (including phenoxy) is 2. The third-order valence-electron chi connectivity index (χ3n) is 5.30. The number of halogens is 1. The van der Waals surface area contributed by atoms with Crippen LogP contribution in [0.5, 0.6) is 11.5 Å². The summed E-state index contributed by atoms with van der Waals surface area (Å²) >= 11 is 6.18. The fraction of sp³-hybridized carbons (Fsp3) is 0.550. The van der Waals surface area contributed by atoms with Crippen LogP contribution in [-0.2, 0) is 0 Å². The fourth-order valence-corrected chi connectivity index (χ4v) is 3.95. The SMILES string of the molecule is COc1cc2ncnc(Cl)c2cc1OCC1CCN(C(=O)O)C(C(C)(C)C)C1. The highest BCUT2D eigenvalue weighted by Gasteiger charge is 2.38. The first-order chi connectivity index (χ1) is 13.2. The van der Waals surface area contributed by atoms with E-state index < -0.39 is 6.09 Å². The zero-order valence-electron chi connectivity index (χ0n) is 16.6. The van der Waals surface area contributed by atoms with Crippen LogP contribution in [0.1, 0.15) is 33.6 Å². The van der Waals surface area contributed by atoms with Crippen LogP contribution < -0.4 is 9.47 Å². The maximum Gasteiger partial charge on any atom is 0.407 e. The standard InChI is InChI=1S/C20H26ClN3O4/c1-20(2,3)17-7-12(5-6-24(17)19(25)26)10-28-16-8-13-14(9-15(16)27-4)22-11-23-18(13)21/h8-9,11-12,17H,5-7,10H2,1-4H3,(H,25,26). The van der Waals surface area contributed by atoms with Crippen molar-refractivity contribution < 1.29 is 19.4 Å². The Balaban J connectivity index is 1.77. The molecule has 0 spiro atoms. The largest absolute Gasteiger partial charge is 0.493 e. The Morgan fingerprint density at radius 1 is 1.32 bits per heavy atom. The molecule has 0 saturated carbocycles. The molecule has 28 heavy (non-hydrogen) atoms. The van der Waals surface area contributed by atoms with Crippen LogP contribution in [0.3, 0.4) is 0 Å². The van der Waals surface area contributed by atoms with Gasteiger partial charge in [0.2, 0.25) is 0 Å². The van der Waals surface area contributed by atoms with Crippen molar-refractivity contribution in [2.75, 3.05) is 20.3 Å². The van der Waals surface area contributed by atoms with Gasteiger partial charge in [0.15, 0.2) is 11.5 Å². The van der Waals surface area contributed by atoms with Crippen molar-refractivity contribution in [2.45, 2.75) is 39.7 Å². The third-order valence-corrected chi connectivity index (χ3v) is 5.60. The van der Waals surface area contributed by atoms with E-state index in [1.54, 1.807) is 24.1 Å². The Hall–Kier alpha value is -2.28. The molecular formula is C20H26ClN3O4. The van der Waals surface area contributed by atoms with Crippen LogP contribution in [0, 0.1) is 11.3 Å². The van der Waals surface area contributed by atoms with E-state index in [9.17, 15) is 9.90 Å². The summed E-state index contributed by atoms with van der Waals surface area (Å²) in [6.07, 6.45) is 2.08. The molecule has 0 radical (unpaired) electrons. The molecule has 1 saturated heterocycles. The Bertz CT molecular complexity index is 868. The minimum Gasteiger partial charge on any atom is -0.493 e. The number of rotatable bonds is 4. The molecule has 0 bridgehead atoms. The number of likely N-dealkylation sites (tertiary alicyclic amines) is 1. The molecule has 1 aromatic heterocycles. The lowest BCUT2D eigenvalue weighted by Crippen LogP contribution is -2.52. The molecule has 2 atom stereocenters. The molecule has 1 N–H and O–H groups in total. The lowest BCUT2D eigenvalue weighted by molar-refractivity contribution is 0.0301. The van der Waals surface area contributed by atoms with Crippen molar-refractivity contribution in [3.63, 3.8) is 0 Å². The van der Waals surface area contributed by atoms with Crippen LogP contribution in [0.4, 0.5) is 4.79 Å². The number of carboxylic acid groups (broad SMARTS) is 1. The topological polar surface area (TPSA) is 84.8 Å². The van der Waals surface area contributed by atoms with E-state index in [1.165, 1.54) is 6.33 Å². The summed E-state index contributed by atoms with van der Waals surface area (Å²) in [6, 6.07) is 3.53. The molecule has 7 nitrogen and oxygen atoms in total. The summed E-state index contributed by atoms with van der Waals surface area (Å²) in [5.74, 6) is 1.42. The number of benzene rings is 1. The average Bonchev–Trinajstić information content (AvgIpc) is 2.65. The minimum absolute atomic E-state index is 0.0475. The summed E-state index contributed by atoms with van der Waals surface area (Å²) in [5.41, 5.74) is 0.550. The van der Waals surface area contributed by atoms with E-state index in [1.807, 2.05) is 0 Å². The first-order valence-electron chi connectivity index (χ1n) is 9.31. The van der Waals surface area contributed by atoms with E-state index in [2.05, 4.69) is 30.7 Å². The smallest absolute Gasteiger partial charge is 0.407 e. The molecular weight excluding hydrogens is 382 g/mol. The Morgan fingerprint density at radius 3 is 2.71 bits per heavy atom. The third kappa shape index (κ3) is 4.24. The molecule has 152 valence electrons. The number of amides is 1. The van der Waals surface area contributed by atoms with Crippen molar-refractivity contribution in [3.8, 4) is 11.5 Å². The predicted octanol–water partition coefficient (Wildman–Crippen LogP) is 4.48. The quantitative estimate of drug-likeness (QED) is 0.752. The van der Waals surface area contributed by atoms with E-state index in [-0.39, 0.29) is 17.4 Å². The molecule has 2 unspecified atom stereocenters. The van der Waals surface area contributed by atoms with Crippen LogP contribution in [-0.4, -0.2) is 52.4 Å². The number of piperidine rings is 1. The van der Waals surface area contributed by atoms with Crippen molar-refractivity contribution in [3.05, 3.63) is 23.6 Å². The second kappa shape index (κ2) is 7.99. The molecule has 1 amide bonds. The number of nitrogens with zero attached hydrogens (tertiary/aromatic N) is 3. The van der Waals surface area contributed by atoms with E-state index in [4.69, 9.17) is 21.1 Å². The van der Waals surface area contributed by atoms with Crippen molar-refractivity contribution in [2.24, 2.45) is 11.3 Å². The predicted molar refractivity (Wildman–Crippen MR) is 107 cm³/mol. The van der Waals surface area contributed by atoms with Crippen molar-refractivity contribution in [1.82, 2.24) is 14.9 Å². The van der Waals surface area contributed by atoms with Crippen molar-refractivity contribution in [1.29, 1.82) is 0 Å². The number of hydrogen-bond acceptors (Lipinski definition) is 5. The molecule has 1 fully saturated rings. The average molecular weight is 408 g/mol. The summed E-state index contributed by atoms with van der Waals surface area (Å²) in [7, 11) is 1.58.